The predicted molar refractivity (Wildman–Crippen MR) is 42.3 cm³/mol. The molecule has 11 heavy (non-hydrogen) atoms. The van der Waals surface area contributed by atoms with Gasteiger partial charge in [-0.25, -0.2) is 0 Å². The van der Waals surface area contributed by atoms with Gasteiger partial charge in [0.05, 0.1) is 0 Å². The summed E-state index contributed by atoms with van der Waals surface area (Å²) >= 11 is 0.271. The Balaban J connectivity index is 2.96. The zero-order valence-electron chi connectivity index (χ0n) is 6.20. The molecule has 0 heterocycles. The van der Waals surface area contributed by atoms with E-state index < -0.39 is 0 Å². The van der Waals surface area contributed by atoms with Crippen LogP contribution in [-0.4, -0.2) is 32.2 Å². The molecule has 0 saturated heterocycles. The van der Waals surface area contributed by atoms with Gasteiger partial charge in [-0.05, 0) is 0 Å². The van der Waals surface area contributed by atoms with Crippen molar-refractivity contribution in [3.8, 4) is 0 Å². The summed E-state index contributed by atoms with van der Waals surface area (Å²) in [6, 6.07) is 7.39. The Bertz CT molecular complexity index is 271. The molecule has 0 amide bonds. The Morgan fingerprint density at radius 1 is 1.55 bits per heavy atom. The molecule has 0 aliphatic heterocycles. The van der Waals surface area contributed by atoms with E-state index in [0.717, 1.165) is 5.56 Å². The van der Waals surface area contributed by atoms with Gasteiger partial charge in [0.1, 0.15) is 0 Å². The molecular weight excluding hydrogens is 332 g/mol. The molecule has 0 fully saturated rings. The van der Waals surface area contributed by atoms with Crippen molar-refractivity contribution >= 4 is 32.2 Å². The first-order chi connectivity index (χ1) is 5.24. The molecule has 1 aromatic carbocycles. The van der Waals surface area contributed by atoms with Gasteiger partial charge in [0.25, 0.3) is 0 Å². The third-order valence-electron chi connectivity index (χ3n) is 1.36. The number of carbonyl (C=O) groups excluding carboxylic acids is 1. The fraction of sp³-hybridized carbons (Fsp3) is 0.125. The average molecular weight is 340 g/mol. The summed E-state index contributed by atoms with van der Waals surface area (Å²) in [5.41, 5.74) is 1.73. The van der Waals surface area contributed by atoms with Crippen molar-refractivity contribution in [1.29, 1.82) is 0 Å². The van der Waals surface area contributed by atoms with E-state index >= 15 is 0 Å². The van der Waals surface area contributed by atoms with Crippen molar-refractivity contribution in [3.63, 3.8) is 0 Å². The molecule has 54 valence electrons. The van der Waals surface area contributed by atoms with Gasteiger partial charge in [-0.1, -0.05) is 0 Å². The van der Waals surface area contributed by atoms with E-state index in [1.807, 2.05) is 25.1 Å². The Morgan fingerprint density at radius 3 is 2.82 bits per heavy atom. The summed E-state index contributed by atoms with van der Waals surface area (Å²) in [6.45, 7) is 1.95. The predicted octanol–water partition coefficient (Wildman–Crippen LogP) is 1.24. The van der Waals surface area contributed by atoms with E-state index in [1.165, 1.54) is 0 Å². The second kappa shape index (κ2) is 3.85. The van der Waals surface area contributed by atoms with Crippen molar-refractivity contribution in [3.05, 3.63) is 35.4 Å². The standard InChI is InChI=1S/C8H8O2.Tl/c1-6-3-2-4-7(5-6)8(9)10;/h2-5H,1H3,(H,9,10);/q;+1/p-1. The van der Waals surface area contributed by atoms with Crippen LogP contribution >= 0.6 is 0 Å². The summed E-state index contributed by atoms with van der Waals surface area (Å²) in [5, 5.41) is 0. The van der Waals surface area contributed by atoms with Crippen LogP contribution in [0.1, 0.15) is 15.9 Å². The summed E-state index contributed by atoms with van der Waals surface area (Å²) < 4.78 is 4.72. The first kappa shape index (κ1) is 8.71. The monoisotopic (exact) mass is 340 g/mol. The van der Waals surface area contributed by atoms with Gasteiger partial charge in [0, 0.05) is 0 Å². The normalized spacial score (nSPS) is 9.09. The molecule has 0 aromatic heterocycles. The molecule has 1 rings (SSSR count). The maximum atomic E-state index is 11.0. The second-order valence-corrected chi connectivity index (χ2v) is 3.19. The number of hydrogen-bond donors (Lipinski definition) is 0. The minimum atomic E-state index is -0.210. The van der Waals surface area contributed by atoms with Crippen molar-refractivity contribution in [2.24, 2.45) is 0 Å². The van der Waals surface area contributed by atoms with Crippen LogP contribution in [0.5, 0.6) is 0 Å². The number of rotatable bonds is 1. The van der Waals surface area contributed by atoms with Gasteiger partial charge in [0.2, 0.25) is 0 Å². The van der Waals surface area contributed by atoms with E-state index in [9.17, 15) is 4.79 Å². The van der Waals surface area contributed by atoms with E-state index in [2.05, 4.69) is 0 Å². The van der Waals surface area contributed by atoms with Gasteiger partial charge < -0.3 is 0 Å². The van der Waals surface area contributed by atoms with Gasteiger partial charge in [-0.2, -0.15) is 0 Å². The number of benzene rings is 1. The van der Waals surface area contributed by atoms with E-state index in [0.29, 0.717) is 5.56 Å². The Labute approximate surface area is 81.9 Å². The first-order valence-electron chi connectivity index (χ1n) is 3.22. The fourth-order valence-electron chi connectivity index (χ4n) is 0.840. The van der Waals surface area contributed by atoms with Gasteiger partial charge in [-0.3, -0.25) is 0 Å². The summed E-state index contributed by atoms with van der Waals surface area (Å²) in [5.74, 6) is -0.210. The third kappa shape index (κ3) is 2.29. The fourth-order valence-corrected chi connectivity index (χ4v) is 1.37. The van der Waals surface area contributed by atoms with Crippen molar-refractivity contribution < 1.29 is 7.48 Å². The van der Waals surface area contributed by atoms with E-state index in [-0.39, 0.29) is 32.2 Å². The first-order valence-corrected chi connectivity index (χ1v) is 5.05. The third-order valence-corrected chi connectivity index (χ3v) is 2.19. The molecule has 0 saturated carbocycles. The van der Waals surface area contributed by atoms with Crippen LogP contribution in [0.15, 0.2) is 24.3 Å². The zero-order valence-corrected chi connectivity index (χ0v) is 10.7. The molecule has 3 heteroatoms. The second-order valence-electron chi connectivity index (χ2n) is 2.27. The Kier molecular flexibility index (Phi) is 3.05. The molecule has 1 aromatic rings. The van der Waals surface area contributed by atoms with Crippen molar-refractivity contribution in [2.75, 3.05) is 0 Å². The SMILES string of the molecule is Cc1cccc(C(=O)[O][Tl])c1. The van der Waals surface area contributed by atoms with Crippen molar-refractivity contribution in [2.45, 2.75) is 6.92 Å². The van der Waals surface area contributed by atoms with E-state index in [4.69, 9.17) is 2.69 Å². The molecule has 0 bridgehead atoms. The number of hydrogen-bond acceptors (Lipinski definition) is 2. The molecule has 0 aliphatic carbocycles. The van der Waals surface area contributed by atoms with Gasteiger partial charge >= 0.3 is 82.0 Å². The molecule has 0 aliphatic rings. The average Bonchev–Trinajstić information content (AvgIpc) is 2.03. The summed E-state index contributed by atoms with van der Waals surface area (Å²) in [4.78, 5) is 11.0. The van der Waals surface area contributed by atoms with E-state index in [1.54, 1.807) is 6.07 Å². The molecule has 0 atom stereocenters. The Morgan fingerprint density at radius 2 is 2.27 bits per heavy atom. The van der Waals surface area contributed by atoms with Crippen LogP contribution in [-0.2, 0) is 2.69 Å². The van der Waals surface area contributed by atoms with Crippen molar-refractivity contribution in [1.82, 2.24) is 0 Å². The van der Waals surface area contributed by atoms with Crippen LogP contribution in [0, 0.1) is 6.92 Å². The maximum absolute atomic E-state index is 11.0. The van der Waals surface area contributed by atoms with Gasteiger partial charge in [-0.15, -0.1) is 0 Å². The Hall–Kier alpha value is -0.388. The van der Waals surface area contributed by atoms with Crippen LogP contribution in [0.3, 0.4) is 0 Å². The topological polar surface area (TPSA) is 26.3 Å². The van der Waals surface area contributed by atoms with Crippen LogP contribution in [0.25, 0.3) is 0 Å². The molecule has 0 spiro atoms. The summed E-state index contributed by atoms with van der Waals surface area (Å²) in [6.07, 6.45) is 0. The zero-order chi connectivity index (χ0) is 8.27. The molecular formula is C8H7O2Tl. The quantitative estimate of drug-likeness (QED) is 0.720. The summed E-state index contributed by atoms with van der Waals surface area (Å²) in [7, 11) is 0. The minimum absolute atomic E-state index is 0.210. The number of aryl methyl sites for hydroxylation is 1. The van der Waals surface area contributed by atoms with Crippen LogP contribution in [0.2, 0.25) is 0 Å². The van der Waals surface area contributed by atoms with Gasteiger partial charge in [0.15, 0.2) is 0 Å². The van der Waals surface area contributed by atoms with Crippen LogP contribution in [0.4, 0.5) is 0 Å². The molecule has 0 N–H and O–H groups in total. The molecule has 0 unspecified atom stereocenters. The molecule has 0 radical (unpaired) electrons. The number of carbonyl (C=O) groups is 1. The molecule has 2 nitrogen and oxygen atoms in total. The van der Waals surface area contributed by atoms with Crippen LogP contribution < -0.4 is 0 Å².